The van der Waals surface area contributed by atoms with Crippen molar-refractivity contribution in [3.05, 3.63) is 0 Å². The van der Waals surface area contributed by atoms with Crippen molar-refractivity contribution < 1.29 is 4.74 Å². The Morgan fingerprint density at radius 2 is 1.29 bits per heavy atom. The van der Waals surface area contributed by atoms with E-state index in [1.807, 2.05) is 7.11 Å². The molecule has 0 rings (SSSR count). The summed E-state index contributed by atoms with van der Waals surface area (Å²) in [4.78, 5) is 0. The minimum absolute atomic E-state index is 0.457. The molecule has 0 saturated carbocycles. The van der Waals surface area contributed by atoms with Gasteiger partial charge in [-0.25, -0.2) is 0 Å². The van der Waals surface area contributed by atoms with Gasteiger partial charge < -0.3 is 4.74 Å². The lowest BCUT2D eigenvalue weighted by Gasteiger charge is -2.31. The number of hydrogen-bond donors (Lipinski definition) is 0. The van der Waals surface area contributed by atoms with E-state index in [2.05, 4.69) is 20.8 Å². The van der Waals surface area contributed by atoms with Gasteiger partial charge >= 0.3 is 0 Å². The van der Waals surface area contributed by atoms with Crippen LogP contribution in [0, 0.1) is 5.41 Å². The van der Waals surface area contributed by atoms with Crippen LogP contribution in [0.1, 0.15) is 85.0 Å². The van der Waals surface area contributed by atoms with Gasteiger partial charge in [-0.2, -0.15) is 0 Å². The Morgan fingerprint density at radius 3 is 1.76 bits per heavy atom. The molecule has 0 atom stereocenters. The molecule has 0 aliphatic rings. The fraction of sp³-hybridized carbons (Fsp3) is 1.00. The Labute approximate surface area is 109 Å². The van der Waals surface area contributed by atoms with Crippen LogP contribution in [0.4, 0.5) is 0 Å². The normalized spacial score (nSPS) is 12.0. The maximum absolute atomic E-state index is 5.40. The van der Waals surface area contributed by atoms with Crippen molar-refractivity contribution in [3.8, 4) is 0 Å². The van der Waals surface area contributed by atoms with Crippen LogP contribution in [0.2, 0.25) is 0 Å². The molecule has 0 aromatic heterocycles. The predicted octanol–water partition coefficient (Wildman–Crippen LogP) is 5.58. The van der Waals surface area contributed by atoms with Gasteiger partial charge in [0.1, 0.15) is 0 Å². The first-order valence-electron chi connectivity index (χ1n) is 7.73. The molecule has 1 nitrogen and oxygen atoms in total. The highest BCUT2D eigenvalue weighted by molar-refractivity contribution is 4.76. The summed E-state index contributed by atoms with van der Waals surface area (Å²) in [5.41, 5.74) is 0.457. The molecule has 0 amide bonds. The van der Waals surface area contributed by atoms with E-state index in [-0.39, 0.29) is 0 Å². The maximum Gasteiger partial charge on any atom is 0.0518 e. The number of methoxy groups -OCH3 is 1. The molecule has 0 radical (unpaired) electrons. The minimum Gasteiger partial charge on any atom is -0.384 e. The average Bonchev–Trinajstić information content (AvgIpc) is 2.36. The summed E-state index contributed by atoms with van der Waals surface area (Å²) < 4.78 is 5.40. The van der Waals surface area contributed by atoms with Crippen molar-refractivity contribution in [2.75, 3.05) is 13.7 Å². The molecule has 1 heteroatoms. The van der Waals surface area contributed by atoms with Gasteiger partial charge in [0.05, 0.1) is 6.61 Å². The quantitative estimate of drug-likeness (QED) is 0.406. The molecule has 0 fully saturated rings. The smallest absolute Gasteiger partial charge is 0.0518 e. The van der Waals surface area contributed by atoms with E-state index in [9.17, 15) is 0 Å². The van der Waals surface area contributed by atoms with Gasteiger partial charge in [0.25, 0.3) is 0 Å². The van der Waals surface area contributed by atoms with E-state index < -0.39 is 0 Å². The van der Waals surface area contributed by atoms with Crippen molar-refractivity contribution in [2.45, 2.75) is 85.0 Å². The predicted molar refractivity (Wildman–Crippen MR) is 77.5 cm³/mol. The van der Waals surface area contributed by atoms with E-state index in [1.54, 1.807) is 0 Å². The lowest BCUT2D eigenvalue weighted by Crippen LogP contribution is -2.24. The molecule has 0 saturated heterocycles. The first-order valence-corrected chi connectivity index (χ1v) is 7.73. The third-order valence-electron chi connectivity index (χ3n) is 4.26. The molecule has 0 heterocycles. The van der Waals surface area contributed by atoms with Gasteiger partial charge in [0, 0.05) is 7.11 Å². The van der Waals surface area contributed by atoms with Crippen molar-refractivity contribution in [1.29, 1.82) is 0 Å². The average molecular weight is 242 g/mol. The van der Waals surface area contributed by atoms with E-state index in [0.29, 0.717) is 5.41 Å². The van der Waals surface area contributed by atoms with E-state index >= 15 is 0 Å². The molecule has 0 bridgehead atoms. The Hall–Kier alpha value is -0.0400. The van der Waals surface area contributed by atoms with Crippen LogP contribution in [0.15, 0.2) is 0 Å². The second-order valence-electron chi connectivity index (χ2n) is 5.51. The standard InChI is InChI=1S/C16H34O/c1-5-8-9-10-11-12-13-14-16(6-2,7-3)15-17-4/h5-15H2,1-4H3. The lowest BCUT2D eigenvalue weighted by atomic mass is 9.78. The van der Waals surface area contributed by atoms with E-state index in [0.717, 1.165) is 6.61 Å². The monoisotopic (exact) mass is 242 g/mol. The molecule has 0 aromatic carbocycles. The fourth-order valence-electron chi connectivity index (χ4n) is 2.64. The zero-order valence-electron chi connectivity index (χ0n) is 12.7. The first-order chi connectivity index (χ1) is 8.24. The van der Waals surface area contributed by atoms with Crippen LogP contribution >= 0.6 is 0 Å². The molecule has 0 N–H and O–H groups in total. The highest BCUT2D eigenvalue weighted by atomic mass is 16.5. The zero-order chi connectivity index (χ0) is 13.0. The van der Waals surface area contributed by atoms with Crippen molar-refractivity contribution >= 4 is 0 Å². The third kappa shape index (κ3) is 7.81. The van der Waals surface area contributed by atoms with Crippen LogP contribution in [0.3, 0.4) is 0 Å². The molecule has 0 spiro atoms. The van der Waals surface area contributed by atoms with Gasteiger partial charge in [0.15, 0.2) is 0 Å². The van der Waals surface area contributed by atoms with Gasteiger partial charge in [-0.3, -0.25) is 0 Å². The third-order valence-corrected chi connectivity index (χ3v) is 4.26. The Morgan fingerprint density at radius 1 is 0.765 bits per heavy atom. The van der Waals surface area contributed by atoms with Gasteiger partial charge in [-0.05, 0) is 24.7 Å². The van der Waals surface area contributed by atoms with E-state index in [4.69, 9.17) is 4.74 Å². The second kappa shape index (κ2) is 11.1. The van der Waals surface area contributed by atoms with Crippen LogP contribution in [-0.4, -0.2) is 13.7 Å². The SMILES string of the molecule is CCCCCCCCCC(CC)(CC)COC. The van der Waals surface area contributed by atoms with Crippen molar-refractivity contribution in [1.82, 2.24) is 0 Å². The Kier molecular flexibility index (Phi) is 11.0. The molecule has 104 valence electrons. The summed E-state index contributed by atoms with van der Waals surface area (Å²) in [5, 5.41) is 0. The highest BCUT2D eigenvalue weighted by Gasteiger charge is 2.25. The second-order valence-corrected chi connectivity index (χ2v) is 5.51. The van der Waals surface area contributed by atoms with Crippen LogP contribution < -0.4 is 0 Å². The van der Waals surface area contributed by atoms with Gasteiger partial charge in [-0.15, -0.1) is 0 Å². The molecule has 0 aliphatic heterocycles. The highest BCUT2D eigenvalue weighted by Crippen LogP contribution is 2.33. The van der Waals surface area contributed by atoms with Crippen LogP contribution in [0.25, 0.3) is 0 Å². The number of hydrogen-bond acceptors (Lipinski definition) is 1. The van der Waals surface area contributed by atoms with Crippen molar-refractivity contribution in [2.24, 2.45) is 5.41 Å². The fourth-order valence-corrected chi connectivity index (χ4v) is 2.64. The minimum atomic E-state index is 0.457. The molecular weight excluding hydrogens is 208 g/mol. The summed E-state index contributed by atoms with van der Waals surface area (Å²) in [6.45, 7) is 7.84. The summed E-state index contributed by atoms with van der Waals surface area (Å²) >= 11 is 0. The van der Waals surface area contributed by atoms with Gasteiger partial charge in [0.2, 0.25) is 0 Å². The van der Waals surface area contributed by atoms with Crippen LogP contribution in [-0.2, 0) is 4.74 Å². The Bertz CT molecular complexity index is 150. The van der Waals surface area contributed by atoms with E-state index in [1.165, 1.54) is 64.2 Å². The number of unbranched alkanes of at least 4 members (excludes halogenated alkanes) is 6. The number of ether oxygens (including phenoxy) is 1. The molecular formula is C16H34O. The summed E-state index contributed by atoms with van der Waals surface area (Å²) in [6, 6.07) is 0. The molecule has 0 unspecified atom stereocenters. The Balaban J connectivity index is 3.61. The molecule has 17 heavy (non-hydrogen) atoms. The number of rotatable bonds is 12. The zero-order valence-corrected chi connectivity index (χ0v) is 12.7. The summed E-state index contributed by atoms with van der Waals surface area (Å²) in [5.74, 6) is 0. The van der Waals surface area contributed by atoms with Gasteiger partial charge in [-0.1, -0.05) is 65.7 Å². The summed E-state index contributed by atoms with van der Waals surface area (Å²) in [6.07, 6.45) is 13.7. The summed E-state index contributed by atoms with van der Waals surface area (Å²) in [7, 11) is 1.84. The van der Waals surface area contributed by atoms with Crippen LogP contribution in [0.5, 0.6) is 0 Å². The topological polar surface area (TPSA) is 9.23 Å². The first kappa shape index (κ1) is 17.0. The lowest BCUT2D eigenvalue weighted by molar-refractivity contribution is 0.0630. The maximum atomic E-state index is 5.40. The van der Waals surface area contributed by atoms with Crippen molar-refractivity contribution in [3.63, 3.8) is 0 Å². The molecule has 0 aromatic rings. The molecule has 0 aliphatic carbocycles. The largest absolute Gasteiger partial charge is 0.384 e.